The van der Waals surface area contributed by atoms with E-state index in [1.807, 2.05) is 6.07 Å². The quantitative estimate of drug-likeness (QED) is 0.731. The van der Waals surface area contributed by atoms with Gasteiger partial charge < -0.3 is 0 Å². The van der Waals surface area contributed by atoms with Gasteiger partial charge >= 0.3 is 0 Å². The van der Waals surface area contributed by atoms with E-state index < -0.39 is 0 Å². The Morgan fingerprint density at radius 3 is 3.00 bits per heavy atom. The number of fused-ring (bicyclic) bond motifs is 3. The summed E-state index contributed by atoms with van der Waals surface area (Å²) in [6.45, 7) is 0. The van der Waals surface area contributed by atoms with Crippen LogP contribution in [0.4, 0.5) is 0 Å². The number of nitrogens with zero attached hydrogens (tertiary/aromatic N) is 2. The zero-order valence-corrected chi connectivity index (χ0v) is 11.5. The Hall–Kier alpha value is -0.450. The lowest BCUT2D eigenvalue weighted by atomic mass is 10.1. The van der Waals surface area contributed by atoms with E-state index in [9.17, 15) is 0 Å². The van der Waals surface area contributed by atoms with E-state index in [-0.39, 0.29) is 0 Å². The number of hydrogen-bond acceptors (Lipinski definition) is 3. The summed E-state index contributed by atoms with van der Waals surface area (Å²) in [5, 5.41) is 8.67. The van der Waals surface area contributed by atoms with Gasteiger partial charge in [0.15, 0.2) is 5.15 Å². The smallest absolute Gasteiger partial charge is 0.149 e. The highest BCUT2D eigenvalue weighted by molar-refractivity contribution is 9.11. The molecule has 2 heterocycles. The molecule has 2 aromatic heterocycles. The number of thiophene rings is 1. The number of halogens is 2. The van der Waals surface area contributed by atoms with Crippen molar-refractivity contribution in [2.45, 2.75) is 19.3 Å². The zero-order chi connectivity index (χ0) is 11.1. The maximum atomic E-state index is 5.88. The van der Waals surface area contributed by atoms with E-state index in [4.69, 9.17) is 11.6 Å². The lowest BCUT2D eigenvalue weighted by Crippen LogP contribution is -1.94. The number of rotatable bonds is 0. The summed E-state index contributed by atoms with van der Waals surface area (Å²) in [7, 11) is 0. The summed E-state index contributed by atoms with van der Waals surface area (Å²) < 4.78 is 1.15. The highest BCUT2D eigenvalue weighted by atomic mass is 79.9. The molecule has 0 saturated carbocycles. The topological polar surface area (TPSA) is 25.8 Å². The molecule has 0 radical (unpaired) electrons. The van der Waals surface area contributed by atoms with E-state index in [1.165, 1.54) is 16.0 Å². The Morgan fingerprint density at radius 1 is 1.25 bits per heavy atom. The van der Waals surface area contributed by atoms with Crippen LogP contribution in [-0.2, 0) is 12.8 Å². The molecule has 0 saturated heterocycles. The molecular weight excluding hydrogens is 308 g/mol. The van der Waals surface area contributed by atoms with Crippen molar-refractivity contribution in [3.63, 3.8) is 0 Å². The third-order valence-corrected chi connectivity index (χ3v) is 4.61. The van der Waals surface area contributed by atoms with Crippen LogP contribution in [0.3, 0.4) is 0 Å². The molecular formula is C11H8BrClN2S. The largest absolute Gasteiger partial charge is 0.152 e. The van der Waals surface area contributed by atoms with E-state index in [1.54, 1.807) is 11.3 Å². The van der Waals surface area contributed by atoms with Gasteiger partial charge in [-0.15, -0.1) is 21.5 Å². The van der Waals surface area contributed by atoms with Crippen LogP contribution in [0.15, 0.2) is 15.9 Å². The lowest BCUT2D eigenvalue weighted by Gasteiger charge is -2.03. The first-order valence-corrected chi connectivity index (χ1v) is 7.03. The standard InChI is InChI=1S/C11H8BrClN2S/c12-9-5-7-8(16-9)3-1-2-6-4-10(13)14-15-11(6)7/h4-5H,1-3H2. The molecule has 0 unspecified atom stereocenters. The van der Waals surface area contributed by atoms with Crippen molar-refractivity contribution < 1.29 is 0 Å². The first kappa shape index (κ1) is 10.7. The monoisotopic (exact) mass is 314 g/mol. The van der Waals surface area contributed by atoms with Gasteiger partial charge in [-0.05, 0) is 52.9 Å². The maximum absolute atomic E-state index is 5.88. The number of aromatic nitrogens is 2. The zero-order valence-electron chi connectivity index (χ0n) is 8.33. The van der Waals surface area contributed by atoms with Crippen LogP contribution >= 0.6 is 38.9 Å². The van der Waals surface area contributed by atoms with Gasteiger partial charge in [-0.3, -0.25) is 0 Å². The fraction of sp³-hybridized carbons (Fsp3) is 0.273. The molecule has 0 aliphatic heterocycles. The van der Waals surface area contributed by atoms with Crippen molar-refractivity contribution in [3.05, 3.63) is 31.5 Å². The van der Waals surface area contributed by atoms with E-state index in [0.717, 1.165) is 28.7 Å². The average Bonchev–Trinajstić information content (AvgIpc) is 2.52. The van der Waals surface area contributed by atoms with Gasteiger partial charge in [0.05, 0.1) is 9.48 Å². The van der Waals surface area contributed by atoms with Crippen molar-refractivity contribution in [1.29, 1.82) is 0 Å². The van der Waals surface area contributed by atoms with Crippen LogP contribution in [0.5, 0.6) is 0 Å². The van der Waals surface area contributed by atoms with Crippen molar-refractivity contribution >= 4 is 38.9 Å². The fourth-order valence-corrected chi connectivity index (χ4v) is 3.95. The van der Waals surface area contributed by atoms with Crippen LogP contribution < -0.4 is 0 Å². The molecule has 0 N–H and O–H groups in total. The molecule has 1 aliphatic carbocycles. The van der Waals surface area contributed by atoms with E-state index >= 15 is 0 Å². The van der Waals surface area contributed by atoms with Crippen LogP contribution in [0.25, 0.3) is 11.3 Å². The van der Waals surface area contributed by atoms with Crippen molar-refractivity contribution in [2.75, 3.05) is 0 Å². The molecule has 0 aromatic carbocycles. The predicted octanol–water partition coefficient (Wildman–Crippen LogP) is 4.11. The van der Waals surface area contributed by atoms with E-state index in [0.29, 0.717) is 5.15 Å². The molecule has 0 atom stereocenters. The van der Waals surface area contributed by atoms with Gasteiger partial charge in [-0.1, -0.05) is 11.6 Å². The summed E-state index contributed by atoms with van der Waals surface area (Å²) in [5.74, 6) is 0. The van der Waals surface area contributed by atoms with Gasteiger partial charge in [-0.2, -0.15) is 0 Å². The Kier molecular flexibility index (Phi) is 2.73. The minimum absolute atomic E-state index is 0.483. The summed E-state index contributed by atoms with van der Waals surface area (Å²) in [5.41, 5.74) is 3.43. The van der Waals surface area contributed by atoms with Crippen LogP contribution in [0.2, 0.25) is 5.15 Å². The maximum Gasteiger partial charge on any atom is 0.152 e. The van der Waals surface area contributed by atoms with Gasteiger partial charge in [0.1, 0.15) is 0 Å². The highest BCUT2D eigenvalue weighted by Gasteiger charge is 2.19. The fourth-order valence-electron chi connectivity index (χ4n) is 2.04. The third kappa shape index (κ3) is 1.79. The number of hydrogen-bond donors (Lipinski definition) is 0. The molecule has 3 rings (SSSR count). The van der Waals surface area contributed by atoms with E-state index in [2.05, 4.69) is 32.2 Å². The molecule has 1 aliphatic rings. The Balaban J connectivity index is 2.24. The highest BCUT2D eigenvalue weighted by Crippen LogP contribution is 2.38. The minimum Gasteiger partial charge on any atom is -0.149 e. The molecule has 82 valence electrons. The SMILES string of the molecule is Clc1cc2c(nn1)-c1cc(Br)sc1CCC2. The van der Waals surface area contributed by atoms with Crippen LogP contribution in [0.1, 0.15) is 16.9 Å². The molecule has 2 nitrogen and oxygen atoms in total. The van der Waals surface area contributed by atoms with Crippen molar-refractivity contribution in [2.24, 2.45) is 0 Å². The molecule has 0 bridgehead atoms. The molecule has 2 aromatic rings. The van der Waals surface area contributed by atoms with Crippen molar-refractivity contribution in [1.82, 2.24) is 10.2 Å². The first-order valence-electron chi connectivity index (χ1n) is 5.05. The summed E-state index contributed by atoms with van der Waals surface area (Å²) in [6.07, 6.45) is 3.29. The third-order valence-electron chi connectivity index (χ3n) is 2.73. The first-order chi connectivity index (χ1) is 7.74. The Labute approximate surface area is 111 Å². The number of aryl methyl sites for hydroxylation is 2. The second-order valence-corrected chi connectivity index (χ2v) is 6.69. The van der Waals surface area contributed by atoms with Crippen LogP contribution in [-0.4, -0.2) is 10.2 Å². The second-order valence-electron chi connectivity index (χ2n) is 3.78. The summed E-state index contributed by atoms with van der Waals surface area (Å²) in [4.78, 5) is 1.39. The van der Waals surface area contributed by atoms with Gasteiger partial charge in [0.25, 0.3) is 0 Å². The average molecular weight is 316 g/mol. The Bertz CT molecular complexity index is 553. The van der Waals surface area contributed by atoms with Gasteiger partial charge in [0.2, 0.25) is 0 Å². The minimum atomic E-state index is 0.483. The molecule has 0 amide bonds. The summed E-state index contributed by atoms with van der Waals surface area (Å²) >= 11 is 11.2. The van der Waals surface area contributed by atoms with Crippen LogP contribution in [0, 0.1) is 0 Å². The Morgan fingerprint density at radius 2 is 2.12 bits per heavy atom. The predicted molar refractivity (Wildman–Crippen MR) is 70.1 cm³/mol. The van der Waals surface area contributed by atoms with Gasteiger partial charge in [0, 0.05) is 10.4 Å². The summed E-state index contributed by atoms with van der Waals surface area (Å²) in [6, 6.07) is 4.07. The molecule has 16 heavy (non-hydrogen) atoms. The lowest BCUT2D eigenvalue weighted by molar-refractivity contribution is 0.837. The van der Waals surface area contributed by atoms with Crippen molar-refractivity contribution in [3.8, 4) is 11.3 Å². The molecule has 5 heteroatoms. The second kappa shape index (κ2) is 4.09. The normalized spacial score (nSPS) is 14.1. The molecule has 0 spiro atoms. The van der Waals surface area contributed by atoms with Gasteiger partial charge in [-0.25, -0.2) is 0 Å². The molecule has 0 fully saturated rings.